The summed E-state index contributed by atoms with van der Waals surface area (Å²) in [5, 5.41) is 5.97. The van der Waals surface area contributed by atoms with E-state index in [1.165, 1.54) is 0 Å². The van der Waals surface area contributed by atoms with Gasteiger partial charge in [0.2, 0.25) is 5.91 Å². The quantitative estimate of drug-likeness (QED) is 0.485. The van der Waals surface area contributed by atoms with Crippen molar-refractivity contribution in [3.63, 3.8) is 0 Å². The van der Waals surface area contributed by atoms with Crippen LogP contribution >= 0.6 is 0 Å². The van der Waals surface area contributed by atoms with Crippen LogP contribution < -0.4 is 10.6 Å². The van der Waals surface area contributed by atoms with E-state index in [1.807, 2.05) is 18.2 Å². The van der Waals surface area contributed by atoms with Gasteiger partial charge in [0.25, 0.3) is 0 Å². The fourth-order valence-corrected chi connectivity index (χ4v) is 3.07. The molecular formula is C21H30N4O2. The van der Waals surface area contributed by atoms with Crippen molar-refractivity contribution in [2.75, 3.05) is 32.0 Å². The summed E-state index contributed by atoms with van der Waals surface area (Å²) in [6.07, 6.45) is 7.55. The fraction of sp³-hybridized carbons (Fsp3) is 0.524. The van der Waals surface area contributed by atoms with Gasteiger partial charge in [-0.2, -0.15) is 0 Å². The first-order chi connectivity index (χ1) is 12.8. The number of hydrogen-bond donors (Lipinski definition) is 2. The van der Waals surface area contributed by atoms with Crippen molar-refractivity contribution in [1.82, 2.24) is 10.2 Å². The highest BCUT2D eigenvalue weighted by Gasteiger charge is 2.25. The molecule has 0 atom stereocenters. The van der Waals surface area contributed by atoms with Crippen molar-refractivity contribution >= 4 is 17.6 Å². The van der Waals surface area contributed by atoms with Gasteiger partial charge in [0, 0.05) is 31.4 Å². The minimum absolute atomic E-state index is 0.123. The van der Waals surface area contributed by atoms with E-state index in [0.717, 1.165) is 37.5 Å². The highest BCUT2D eigenvalue weighted by Crippen LogP contribution is 2.20. The third-order valence-electron chi connectivity index (χ3n) is 4.19. The zero-order valence-electron chi connectivity index (χ0n) is 16.7. The number of likely N-dealkylation sites (tertiary alicyclic amines) is 1. The second-order valence-electron chi connectivity index (χ2n) is 7.59. The predicted molar refractivity (Wildman–Crippen MR) is 110 cm³/mol. The Morgan fingerprint density at radius 2 is 2.07 bits per heavy atom. The van der Waals surface area contributed by atoms with Crippen LogP contribution in [0.25, 0.3) is 0 Å². The summed E-state index contributed by atoms with van der Waals surface area (Å²) in [5.41, 5.74) is 1.30. The number of nitrogens with one attached hydrogen (secondary N) is 2. The molecule has 2 N–H and O–H groups in total. The van der Waals surface area contributed by atoms with Crippen LogP contribution in [0, 0.1) is 12.3 Å². The number of benzene rings is 1. The Morgan fingerprint density at radius 1 is 1.37 bits per heavy atom. The molecule has 1 aliphatic heterocycles. The van der Waals surface area contributed by atoms with Crippen LogP contribution in [0.5, 0.6) is 0 Å². The molecule has 0 aliphatic carbocycles. The van der Waals surface area contributed by atoms with Crippen molar-refractivity contribution in [2.45, 2.75) is 45.3 Å². The Bertz CT molecular complexity index is 708. The second-order valence-corrected chi connectivity index (χ2v) is 7.59. The maximum absolute atomic E-state index is 12.2. The van der Waals surface area contributed by atoms with Crippen molar-refractivity contribution < 1.29 is 9.53 Å². The van der Waals surface area contributed by atoms with Gasteiger partial charge < -0.3 is 20.3 Å². The molecule has 146 valence electrons. The summed E-state index contributed by atoms with van der Waals surface area (Å²) in [7, 11) is 1.73. The molecule has 2 rings (SSSR count). The first-order valence-corrected chi connectivity index (χ1v) is 9.30. The van der Waals surface area contributed by atoms with E-state index in [4.69, 9.17) is 11.2 Å². The topological polar surface area (TPSA) is 66.0 Å². The van der Waals surface area contributed by atoms with Crippen LogP contribution in [0.15, 0.2) is 29.3 Å². The number of nitrogens with zero attached hydrogens (tertiary/aromatic N) is 2. The number of ether oxygens (including phenoxy) is 1. The normalized spacial score (nSPS) is 16.0. The van der Waals surface area contributed by atoms with Gasteiger partial charge in [-0.25, -0.2) is 0 Å². The SMILES string of the molecule is C#Cc1cccc(NC(=O)CNC(=NC)N2CCC(OC(C)(C)C)CC2)c1. The molecular weight excluding hydrogens is 340 g/mol. The molecule has 1 heterocycles. The van der Waals surface area contributed by atoms with Crippen molar-refractivity contribution in [2.24, 2.45) is 4.99 Å². The minimum Gasteiger partial charge on any atom is -0.372 e. The van der Waals surface area contributed by atoms with Gasteiger partial charge in [-0.3, -0.25) is 9.79 Å². The number of amides is 1. The summed E-state index contributed by atoms with van der Waals surface area (Å²) in [5.74, 6) is 3.15. The van der Waals surface area contributed by atoms with Gasteiger partial charge in [-0.1, -0.05) is 12.0 Å². The van der Waals surface area contributed by atoms with E-state index in [0.29, 0.717) is 5.69 Å². The zero-order valence-corrected chi connectivity index (χ0v) is 16.7. The maximum Gasteiger partial charge on any atom is 0.243 e. The third kappa shape index (κ3) is 6.95. The summed E-state index contributed by atoms with van der Waals surface area (Å²) in [4.78, 5) is 18.7. The molecule has 1 aliphatic rings. The molecule has 0 aromatic heterocycles. The number of rotatable bonds is 4. The van der Waals surface area contributed by atoms with Crippen molar-refractivity contribution in [3.8, 4) is 12.3 Å². The molecule has 1 fully saturated rings. The number of terminal acetylenes is 1. The van der Waals surface area contributed by atoms with Crippen molar-refractivity contribution in [1.29, 1.82) is 0 Å². The summed E-state index contributed by atoms with van der Waals surface area (Å²) in [6.45, 7) is 8.09. The van der Waals surface area contributed by atoms with Crippen LogP contribution in [-0.2, 0) is 9.53 Å². The molecule has 1 aromatic carbocycles. The summed E-state index contributed by atoms with van der Waals surface area (Å²) >= 11 is 0. The monoisotopic (exact) mass is 370 g/mol. The molecule has 27 heavy (non-hydrogen) atoms. The molecule has 0 radical (unpaired) electrons. The lowest BCUT2D eigenvalue weighted by atomic mass is 10.1. The highest BCUT2D eigenvalue weighted by atomic mass is 16.5. The molecule has 0 spiro atoms. The van der Waals surface area contributed by atoms with Crippen LogP contribution in [0.1, 0.15) is 39.2 Å². The average molecular weight is 370 g/mol. The van der Waals surface area contributed by atoms with Gasteiger partial charge >= 0.3 is 0 Å². The average Bonchev–Trinajstić information content (AvgIpc) is 2.62. The second kappa shape index (κ2) is 9.43. The van der Waals surface area contributed by atoms with E-state index in [-0.39, 0.29) is 24.2 Å². The maximum atomic E-state index is 12.2. The molecule has 1 amide bonds. The Balaban J connectivity index is 1.80. The lowest BCUT2D eigenvalue weighted by Crippen LogP contribution is -2.49. The number of carbonyl (C=O) groups is 1. The van der Waals surface area contributed by atoms with Gasteiger partial charge in [0.15, 0.2) is 5.96 Å². The fourth-order valence-electron chi connectivity index (χ4n) is 3.07. The van der Waals surface area contributed by atoms with Crippen LogP contribution in [0.2, 0.25) is 0 Å². The number of aliphatic imine (C=N–C) groups is 1. The molecule has 6 heteroatoms. The summed E-state index contributed by atoms with van der Waals surface area (Å²) < 4.78 is 6.06. The smallest absolute Gasteiger partial charge is 0.243 e. The van der Waals surface area contributed by atoms with Gasteiger partial charge in [0.05, 0.1) is 18.2 Å². The molecule has 0 unspecified atom stereocenters. The minimum atomic E-state index is -0.142. The number of piperidine rings is 1. The lowest BCUT2D eigenvalue weighted by Gasteiger charge is -2.36. The Kier molecular flexibility index (Phi) is 7.26. The largest absolute Gasteiger partial charge is 0.372 e. The van der Waals surface area contributed by atoms with E-state index in [2.05, 4.69) is 47.2 Å². The Hall–Kier alpha value is -2.52. The van der Waals surface area contributed by atoms with E-state index in [9.17, 15) is 4.79 Å². The Morgan fingerprint density at radius 3 is 2.67 bits per heavy atom. The van der Waals surface area contributed by atoms with E-state index in [1.54, 1.807) is 13.1 Å². The number of guanidine groups is 1. The Labute approximate surface area is 162 Å². The van der Waals surface area contributed by atoms with Gasteiger partial charge in [-0.15, -0.1) is 6.42 Å². The van der Waals surface area contributed by atoms with E-state index < -0.39 is 0 Å². The zero-order chi connectivity index (χ0) is 19.9. The van der Waals surface area contributed by atoms with Gasteiger partial charge in [0.1, 0.15) is 0 Å². The van der Waals surface area contributed by atoms with Crippen molar-refractivity contribution in [3.05, 3.63) is 29.8 Å². The molecule has 6 nitrogen and oxygen atoms in total. The third-order valence-corrected chi connectivity index (χ3v) is 4.19. The highest BCUT2D eigenvalue weighted by molar-refractivity contribution is 5.95. The predicted octanol–water partition coefficient (Wildman–Crippen LogP) is 2.46. The molecule has 1 aromatic rings. The molecule has 0 saturated carbocycles. The first-order valence-electron chi connectivity index (χ1n) is 9.30. The van der Waals surface area contributed by atoms with E-state index >= 15 is 0 Å². The van der Waals surface area contributed by atoms with Crippen LogP contribution in [-0.4, -0.2) is 55.2 Å². The first kappa shape index (κ1) is 20.8. The van der Waals surface area contributed by atoms with Gasteiger partial charge in [-0.05, 0) is 51.8 Å². The molecule has 0 bridgehead atoms. The number of hydrogen-bond acceptors (Lipinski definition) is 3. The van der Waals surface area contributed by atoms with Crippen LogP contribution in [0.3, 0.4) is 0 Å². The van der Waals surface area contributed by atoms with Crippen LogP contribution in [0.4, 0.5) is 5.69 Å². The number of anilines is 1. The standard InChI is InChI=1S/C21H30N4O2/c1-6-16-8-7-9-17(14-16)24-19(26)15-23-20(22-5)25-12-10-18(11-13-25)27-21(2,3)4/h1,7-9,14,18H,10-13,15H2,2-5H3,(H,22,23)(H,24,26). The molecule has 1 saturated heterocycles. The number of carbonyl (C=O) groups excluding carboxylic acids is 1. The summed E-state index contributed by atoms with van der Waals surface area (Å²) in [6, 6.07) is 7.23. The lowest BCUT2D eigenvalue weighted by molar-refractivity contribution is -0.115.